The van der Waals surface area contributed by atoms with Crippen molar-refractivity contribution in [2.75, 3.05) is 14.2 Å². The van der Waals surface area contributed by atoms with Gasteiger partial charge in [-0.15, -0.1) is 0 Å². The van der Waals surface area contributed by atoms with Gasteiger partial charge in [0, 0.05) is 23.3 Å². The lowest BCUT2D eigenvalue weighted by Gasteiger charge is -2.09. The predicted molar refractivity (Wildman–Crippen MR) is 120 cm³/mol. The molecule has 1 N–H and O–H groups in total. The van der Waals surface area contributed by atoms with Crippen molar-refractivity contribution in [2.24, 2.45) is 0 Å². The highest BCUT2D eigenvalue weighted by Crippen LogP contribution is 2.32. The van der Waals surface area contributed by atoms with Crippen molar-refractivity contribution in [2.45, 2.75) is 13.1 Å². The van der Waals surface area contributed by atoms with Gasteiger partial charge in [0.2, 0.25) is 11.7 Å². The maximum atomic E-state index is 13.2. The van der Waals surface area contributed by atoms with Gasteiger partial charge in [0.25, 0.3) is 5.89 Å². The lowest BCUT2D eigenvalue weighted by Crippen LogP contribution is -2.27. The molecule has 0 aliphatic heterocycles. The van der Waals surface area contributed by atoms with Crippen LogP contribution in [-0.4, -0.2) is 34.8 Å². The van der Waals surface area contributed by atoms with Gasteiger partial charge in [0.05, 0.1) is 14.2 Å². The van der Waals surface area contributed by atoms with Gasteiger partial charge in [0.15, 0.2) is 11.5 Å². The van der Waals surface area contributed by atoms with E-state index in [1.54, 1.807) is 55.3 Å². The van der Waals surface area contributed by atoms with Crippen LogP contribution in [0.4, 0.5) is 4.39 Å². The molecule has 4 aromatic rings. The van der Waals surface area contributed by atoms with Gasteiger partial charge >= 0.3 is 0 Å². The Balaban J connectivity index is 1.46. The summed E-state index contributed by atoms with van der Waals surface area (Å²) in [6, 6.07) is 12.9. The van der Waals surface area contributed by atoms with Crippen LogP contribution in [0.15, 0.2) is 59.3 Å². The third-order valence-corrected chi connectivity index (χ3v) is 5.27. The van der Waals surface area contributed by atoms with E-state index >= 15 is 0 Å². The Bertz CT molecular complexity index is 1290. The highest BCUT2D eigenvalue weighted by Gasteiger charge is 2.17. The molecule has 2 aromatic carbocycles. The van der Waals surface area contributed by atoms with Gasteiger partial charge < -0.3 is 23.9 Å². The number of carbonyl (C=O) groups excluding carboxylic acids is 1. The van der Waals surface area contributed by atoms with E-state index < -0.39 is 5.82 Å². The molecule has 0 unspecified atom stereocenters. The van der Waals surface area contributed by atoms with Gasteiger partial charge in [-0.25, -0.2) is 4.39 Å². The van der Waals surface area contributed by atoms with Crippen molar-refractivity contribution < 1.29 is 23.2 Å². The first-order valence-corrected chi connectivity index (χ1v) is 10.3. The van der Waals surface area contributed by atoms with E-state index in [1.165, 1.54) is 18.2 Å². The van der Waals surface area contributed by atoms with Crippen molar-refractivity contribution in [1.82, 2.24) is 20.0 Å². The highest BCUT2D eigenvalue weighted by molar-refractivity contribution is 6.31. The van der Waals surface area contributed by atoms with E-state index in [0.717, 1.165) is 0 Å². The third-order valence-electron chi connectivity index (χ3n) is 4.92. The van der Waals surface area contributed by atoms with Crippen molar-refractivity contribution >= 4 is 17.5 Å². The average molecular weight is 471 g/mol. The number of nitrogens with one attached hydrogen (secondary N) is 1. The molecule has 0 atom stereocenters. The number of aromatic nitrogens is 3. The molecule has 0 saturated carbocycles. The van der Waals surface area contributed by atoms with E-state index in [2.05, 4.69) is 15.5 Å². The Hall–Kier alpha value is -3.85. The number of methoxy groups -OCH3 is 2. The summed E-state index contributed by atoms with van der Waals surface area (Å²) in [7, 11) is 3.10. The summed E-state index contributed by atoms with van der Waals surface area (Å²) in [6.45, 7) is 0.202. The van der Waals surface area contributed by atoms with Crippen LogP contribution >= 0.6 is 11.6 Å². The van der Waals surface area contributed by atoms with E-state index in [0.29, 0.717) is 34.1 Å². The highest BCUT2D eigenvalue weighted by atomic mass is 35.5. The molecule has 10 heteroatoms. The Morgan fingerprint density at radius 2 is 1.97 bits per heavy atom. The minimum Gasteiger partial charge on any atom is -0.493 e. The zero-order valence-electron chi connectivity index (χ0n) is 17.8. The largest absolute Gasteiger partial charge is 0.493 e. The Morgan fingerprint density at radius 3 is 2.73 bits per heavy atom. The zero-order chi connectivity index (χ0) is 23.4. The van der Waals surface area contributed by atoms with Gasteiger partial charge in [-0.05, 0) is 48.0 Å². The van der Waals surface area contributed by atoms with Crippen LogP contribution in [0.2, 0.25) is 5.02 Å². The smallest absolute Gasteiger partial charge is 0.274 e. The normalized spacial score (nSPS) is 10.8. The number of hydrogen-bond donors (Lipinski definition) is 1. The molecule has 2 aromatic heterocycles. The number of carbonyl (C=O) groups is 1. The number of halogens is 2. The first-order valence-electron chi connectivity index (χ1n) is 9.90. The standard InChI is InChI=1S/C23H20ClFN4O4/c1-31-19-8-6-14(10-20(19)32-2)22-27-23(33-28-22)18-4-3-9-29(18)13-21(30)26-12-15-5-7-16(25)11-17(15)24/h3-11H,12-13H2,1-2H3,(H,26,30). The molecule has 8 nitrogen and oxygen atoms in total. The van der Waals surface area contributed by atoms with Gasteiger partial charge in [-0.2, -0.15) is 4.98 Å². The van der Waals surface area contributed by atoms with Crippen LogP contribution < -0.4 is 14.8 Å². The molecule has 0 spiro atoms. The van der Waals surface area contributed by atoms with E-state index in [1.807, 2.05) is 0 Å². The monoisotopic (exact) mass is 470 g/mol. The summed E-state index contributed by atoms with van der Waals surface area (Å²) in [4.78, 5) is 16.9. The van der Waals surface area contributed by atoms with Crippen LogP contribution in [0, 0.1) is 5.82 Å². The second kappa shape index (κ2) is 9.74. The number of hydrogen-bond acceptors (Lipinski definition) is 6. The number of ether oxygens (including phenoxy) is 2. The second-order valence-electron chi connectivity index (χ2n) is 7.03. The molecule has 1 amide bonds. The van der Waals surface area contributed by atoms with Gasteiger partial charge in [-0.3, -0.25) is 4.79 Å². The van der Waals surface area contributed by atoms with Crippen LogP contribution in [-0.2, 0) is 17.9 Å². The molecule has 0 radical (unpaired) electrons. The molecular formula is C23H20ClFN4O4. The zero-order valence-corrected chi connectivity index (χ0v) is 18.6. The summed E-state index contributed by atoms with van der Waals surface area (Å²) in [6.07, 6.45) is 1.74. The van der Waals surface area contributed by atoms with Crippen molar-refractivity contribution in [1.29, 1.82) is 0 Å². The fourth-order valence-electron chi connectivity index (χ4n) is 3.24. The summed E-state index contributed by atoms with van der Waals surface area (Å²) >= 11 is 6.01. The van der Waals surface area contributed by atoms with E-state index in [-0.39, 0.29) is 29.9 Å². The predicted octanol–water partition coefficient (Wildman–Crippen LogP) is 4.33. The molecule has 170 valence electrons. The molecular weight excluding hydrogens is 451 g/mol. The number of rotatable bonds is 8. The molecule has 0 aliphatic rings. The second-order valence-corrected chi connectivity index (χ2v) is 7.43. The molecule has 2 heterocycles. The molecule has 0 bridgehead atoms. The van der Waals surface area contributed by atoms with E-state index in [4.69, 9.17) is 25.6 Å². The van der Waals surface area contributed by atoms with Crippen LogP contribution in [0.5, 0.6) is 11.5 Å². The number of nitrogens with zero attached hydrogens (tertiary/aromatic N) is 3. The minimum absolute atomic E-state index is 0.0230. The lowest BCUT2D eigenvalue weighted by atomic mass is 10.2. The number of amides is 1. The summed E-state index contributed by atoms with van der Waals surface area (Å²) < 4.78 is 30.9. The Labute approximate surface area is 193 Å². The molecule has 4 rings (SSSR count). The lowest BCUT2D eigenvalue weighted by molar-refractivity contribution is -0.121. The topological polar surface area (TPSA) is 91.4 Å². The summed E-state index contributed by atoms with van der Waals surface area (Å²) in [5.74, 6) is 1.08. The van der Waals surface area contributed by atoms with Crippen LogP contribution in [0.25, 0.3) is 23.0 Å². The fraction of sp³-hybridized carbons (Fsp3) is 0.174. The molecule has 0 fully saturated rings. The summed E-state index contributed by atoms with van der Waals surface area (Å²) in [5.41, 5.74) is 1.90. The average Bonchev–Trinajstić information content (AvgIpc) is 3.47. The maximum Gasteiger partial charge on any atom is 0.274 e. The van der Waals surface area contributed by atoms with E-state index in [9.17, 15) is 9.18 Å². The molecule has 0 aliphatic carbocycles. The first kappa shape index (κ1) is 22.3. The van der Waals surface area contributed by atoms with Crippen LogP contribution in [0.1, 0.15) is 5.56 Å². The van der Waals surface area contributed by atoms with Crippen molar-refractivity contribution in [3.8, 4) is 34.5 Å². The van der Waals surface area contributed by atoms with Crippen molar-refractivity contribution in [3.63, 3.8) is 0 Å². The Morgan fingerprint density at radius 1 is 1.15 bits per heavy atom. The third kappa shape index (κ3) is 4.98. The number of benzene rings is 2. The maximum absolute atomic E-state index is 13.2. The fourth-order valence-corrected chi connectivity index (χ4v) is 3.47. The summed E-state index contributed by atoms with van der Waals surface area (Å²) in [5, 5.41) is 7.07. The van der Waals surface area contributed by atoms with Crippen LogP contribution in [0.3, 0.4) is 0 Å². The Kier molecular flexibility index (Phi) is 6.60. The quantitative estimate of drug-likeness (QED) is 0.412. The first-order chi connectivity index (χ1) is 16.0. The minimum atomic E-state index is -0.431. The SMILES string of the molecule is COc1ccc(-c2noc(-c3cccn3CC(=O)NCc3ccc(F)cc3Cl)n2)cc1OC. The van der Waals surface area contributed by atoms with Gasteiger partial charge in [0.1, 0.15) is 18.1 Å². The van der Waals surface area contributed by atoms with Crippen molar-refractivity contribution in [3.05, 3.63) is 71.1 Å². The van der Waals surface area contributed by atoms with Gasteiger partial charge in [-0.1, -0.05) is 22.8 Å². The molecule has 33 heavy (non-hydrogen) atoms. The molecule has 0 saturated heterocycles.